The lowest BCUT2D eigenvalue weighted by Gasteiger charge is -2.44. The van der Waals surface area contributed by atoms with Crippen LogP contribution in [0.5, 0.6) is 0 Å². The van der Waals surface area contributed by atoms with Crippen LogP contribution in [0.1, 0.15) is 5.56 Å². The quantitative estimate of drug-likeness (QED) is 0.715. The highest BCUT2D eigenvalue weighted by Gasteiger charge is 2.38. The van der Waals surface area contributed by atoms with Crippen molar-refractivity contribution in [2.24, 2.45) is 0 Å². The maximum absolute atomic E-state index is 12.3. The largest absolute Gasteiger partial charge is 0.355 e. The zero-order chi connectivity index (χ0) is 12.0. The van der Waals surface area contributed by atoms with E-state index in [2.05, 4.69) is 35.3 Å². The summed E-state index contributed by atoms with van der Waals surface area (Å²) in [6.07, 6.45) is 0. The molecule has 0 aliphatic carbocycles. The summed E-state index contributed by atoms with van der Waals surface area (Å²) >= 11 is 0. The van der Waals surface area contributed by atoms with Crippen molar-refractivity contribution in [3.8, 4) is 0 Å². The maximum Gasteiger partial charge on any atom is 0.250 e. The lowest BCUT2D eigenvalue weighted by atomic mass is 10.0. The average Bonchev–Trinajstić information content (AvgIpc) is 2.36. The number of anilines is 2. The molecule has 1 aromatic carbocycles. The topological polar surface area (TPSA) is 35.6 Å². The number of amides is 1. The molecule has 4 nitrogen and oxygen atoms in total. The SMILES string of the molecule is Cc1cccc2c1N(C)C(=O)C1CNCCN21. The second-order valence-corrected chi connectivity index (χ2v) is 4.75. The average molecular weight is 231 g/mol. The highest BCUT2D eigenvalue weighted by molar-refractivity contribution is 6.06. The van der Waals surface area contributed by atoms with Gasteiger partial charge in [-0.2, -0.15) is 0 Å². The van der Waals surface area contributed by atoms with Gasteiger partial charge >= 0.3 is 0 Å². The van der Waals surface area contributed by atoms with Crippen LogP contribution in [0.2, 0.25) is 0 Å². The Hall–Kier alpha value is -1.55. The summed E-state index contributed by atoms with van der Waals surface area (Å²) in [6.45, 7) is 4.66. The summed E-state index contributed by atoms with van der Waals surface area (Å²) < 4.78 is 0. The second-order valence-electron chi connectivity index (χ2n) is 4.75. The van der Waals surface area contributed by atoms with Crippen LogP contribution in [-0.2, 0) is 4.79 Å². The van der Waals surface area contributed by atoms with Gasteiger partial charge in [0.05, 0.1) is 11.4 Å². The summed E-state index contributed by atoms with van der Waals surface area (Å²) in [5.41, 5.74) is 3.42. The van der Waals surface area contributed by atoms with Crippen molar-refractivity contribution < 1.29 is 4.79 Å². The Morgan fingerprint density at radius 2 is 2.24 bits per heavy atom. The fraction of sp³-hybridized carbons (Fsp3) is 0.462. The molecule has 2 heterocycles. The number of aryl methyl sites for hydroxylation is 1. The first-order valence-corrected chi connectivity index (χ1v) is 6.04. The van der Waals surface area contributed by atoms with E-state index >= 15 is 0 Å². The zero-order valence-corrected chi connectivity index (χ0v) is 10.2. The minimum atomic E-state index is -0.0388. The molecule has 0 aromatic heterocycles. The van der Waals surface area contributed by atoms with E-state index in [1.807, 2.05) is 7.05 Å². The lowest BCUT2D eigenvalue weighted by molar-refractivity contribution is -0.120. The fourth-order valence-corrected chi connectivity index (χ4v) is 2.86. The zero-order valence-electron chi connectivity index (χ0n) is 10.2. The lowest BCUT2D eigenvalue weighted by Crippen LogP contribution is -2.61. The summed E-state index contributed by atoms with van der Waals surface area (Å²) in [6, 6.07) is 6.20. The summed E-state index contributed by atoms with van der Waals surface area (Å²) in [5.74, 6) is 0.194. The smallest absolute Gasteiger partial charge is 0.250 e. The number of hydrogen-bond donors (Lipinski definition) is 1. The standard InChI is InChI=1S/C13H17N3O/c1-9-4-3-5-10-12(9)15(2)13(17)11-8-14-6-7-16(10)11/h3-5,11,14H,6-8H2,1-2H3. The van der Waals surface area contributed by atoms with E-state index in [0.29, 0.717) is 0 Å². The molecule has 1 amide bonds. The van der Waals surface area contributed by atoms with Crippen LogP contribution in [0.15, 0.2) is 18.2 Å². The number of carbonyl (C=O) groups is 1. The Morgan fingerprint density at radius 3 is 3.06 bits per heavy atom. The number of rotatable bonds is 0. The highest BCUT2D eigenvalue weighted by Crippen LogP contribution is 2.37. The molecule has 2 aliphatic heterocycles. The second kappa shape index (κ2) is 3.74. The first kappa shape index (κ1) is 10.6. The van der Waals surface area contributed by atoms with E-state index in [0.717, 1.165) is 30.9 Å². The van der Waals surface area contributed by atoms with Gasteiger partial charge in [0.2, 0.25) is 0 Å². The number of piperazine rings is 1. The molecule has 1 atom stereocenters. The number of hydrogen-bond acceptors (Lipinski definition) is 3. The summed E-state index contributed by atoms with van der Waals surface area (Å²) in [4.78, 5) is 16.4. The van der Waals surface area contributed by atoms with E-state index in [-0.39, 0.29) is 11.9 Å². The molecule has 0 saturated carbocycles. The minimum absolute atomic E-state index is 0.0388. The van der Waals surface area contributed by atoms with Gasteiger partial charge < -0.3 is 15.1 Å². The molecule has 0 radical (unpaired) electrons. The number of nitrogens with one attached hydrogen (secondary N) is 1. The normalized spacial score (nSPS) is 23.4. The van der Waals surface area contributed by atoms with Crippen LogP contribution < -0.4 is 15.1 Å². The van der Waals surface area contributed by atoms with Crippen molar-refractivity contribution in [2.45, 2.75) is 13.0 Å². The Bertz CT molecular complexity index is 472. The number of likely N-dealkylation sites (N-methyl/N-ethyl adjacent to an activating group) is 1. The van der Waals surface area contributed by atoms with E-state index in [1.165, 1.54) is 5.69 Å². The molecule has 1 fully saturated rings. The van der Waals surface area contributed by atoms with Gasteiger partial charge in [-0.15, -0.1) is 0 Å². The monoisotopic (exact) mass is 231 g/mol. The van der Waals surface area contributed by atoms with Crippen LogP contribution in [0, 0.1) is 6.92 Å². The molecular formula is C13H17N3O. The van der Waals surface area contributed by atoms with Crippen LogP contribution in [0.3, 0.4) is 0 Å². The number of carbonyl (C=O) groups excluding carboxylic acids is 1. The molecule has 17 heavy (non-hydrogen) atoms. The first-order valence-electron chi connectivity index (χ1n) is 6.04. The third-order valence-corrected chi connectivity index (χ3v) is 3.72. The van der Waals surface area contributed by atoms with E-state index in [1.54, 1.807) is 4.90 Å². The molecule has 0 bridgehead atoms. The van der Waals surface area contributed by atoms with Crippen LogP contribution in [0.4, 0.5) is 11.4 Å². The van der Waals surface area contributed by atoms with E-state index in [4.69, 9.17) is 0 Å². The van der Waals surface area contributed by atoms with Gasteiger partial charge in [-0.25, -0.2) is 0 Å². The molecule has 2 aliphatic rings. The molecule has 3 rings (SSSR count). The predicted molar refractivity (Wildman–Crippen MR) is 68.6 cm³/mol. The number of nitrogens with zero attached hydrogens (tertiary/aromatic N) is 2. The van der Waals surface area contributed by atoms with Gasteiger partial charge in [0.25, 0.3) is 5.91 Å². The van der Waals surface area contributed by atoms with Gasteiger partial charge in [0, 0.05) is 26.7 Å². The van der Waals surface area contributed by atoms with Crippen LogP contribution in [0.25, 0.3) is 0 Å². The molecule has 90 valence electrons. The molecule has 1 aromatic rings. The fourth-order valence-electron chi connectivity index (χ4n) is 2.86. The van der Waals surface area contributed by atoms with Gasteiger partial charge in [-0.1, -0.05) is 12.1 Å². The Balaban J connectivity index is 2.16. The van der Waals surface area contributed by atoms with Gasteiger partial charge in [-0.05, 0) is 18.6 Å². The Labute approximate surface area is 101 Å². The Kier molecular flexibility index (Phi) is 2.33. The predicted octanol–water partition coefficient (Wildman–Crippen LogP) is 0.750. The first-order chi connectivity index (χ1) is 8.20. The van der Waals surface area contributed by atoms with Crippen molar-refractivity contribution in [3.05, 3.63) is 23.8 Å². The third-order valence-electron chi connectivity index (χ3n) is 3.72. The summed E-state index contributed by atoms with van der Waals surface area (Å²) in [7, 11) is 1.88. The van der Waals surface area contributed by atoms with Crippen molar-refractivity contribution >= 4 is 17.3 Å². The third kappa shape index (κ3) is 1.44. The van der Waals surface area contributed by atoms with Crippen molar-refractivity contribution in [1.82, 2.24) is 5.32 Å². The molecule has 0 spiro atoms. The minimum Gasteiger partial charge on any atom is -0.355 e. The van der Waals surface area contributed by atoms with Crippen LogP contribution in [-0.4, -0.2) is 38.6 Å². The molecular weight excluding hydrogens is 214 g/mol. The van der Waals surface area contributed by atoms with Crippen molar-refractivity contribution in [2.75, 3.05) is 36.5 Å². The number of benzene rings is 1. The highest BCUT2D eigenvalue weighted by atomic mass is 16.2. The van der Waals surface area contributed by atoms with Gasteiger partial charge in [-0.3, -0.25) is 4.79 Å². The number of fused-ring (bicyclic) bond motifs is 3. The maximum atomic E-state index is 12.3. The molecule has 1 saturated heterocycles. The van der Waals surface area contributed by atoms with Gasteiger partial charge in [0.1, 0.15) is 6.04 Å². The molecule has 1 unspecified atom stereocenters. The number of para-hydroxylation sites is 1. The van der Waals surface area contributed by atoms with Crippen molar-refractivity contribution in [3.63, 3.8) is 0 Å². The Morgan fingerprint density at radius 1 is 1.41 bits per heavy atom. The van der Waals surface area contributed by atoms with Crippen molar-refractivity contribution in [1.29, 1.82) is 0 Å². The summed E-state index contributed by atoms with van der Waals surface area (Å²) in [5, 5.41) is 3.29. The molecule has 1 N–H and O–H groups in total. The molecule has 4 heteroatoms. The van der Waals surface area contributed by atoms with Gasteiger partial charge in [0.15, 0.2) is 0 Å². The van der Waals surface area contributed by atoms with E-state index in [9.17, 15) is 4.79 Å². The van der Waals surface area contributed by atoms with E-state index < -0.39 is 0 Å². The van der Waals surface area contributed by atoms with Crippen LogP contribution >= 0.6 is 0 Å².